The van der Waals surface area contributed by atoms with Crippen LogP contribution in [0.25, 0.3) is 11.3 Å². The van der Waals surface area contributed by atoms with Gasteiger partial charge in [0.2, 0.25) is 0 Å². The molecule has 0 atom stereocenters. The first-order valence-corrected chi connectivity index (χ1v) is 9.36. The zero-order chi connectivity index (χ0) is 18.6. The van der Waals surface area contributed by atoms with E-state index in [9.17, 15) is 0 Å². The summed E-state index contributed by atoms with van der Waals surface area (Å²) in [6.07, 6.45) is 1.81. The maximum Gasteiger partial charge on any atom is 0.127 e. The average Bonchev–Trinajstić information content (AvgIpc) is 3.03. The molecule has 1 aromatic heterocycles. The van der Waals surface area contributed by atoms with Crippen molar-refractivity contribution < 1.29 is 4.74 Å². The molecule has 0 bridgehead atoms. The van der Waals surface area contributed by atoms with Crippen molar-refractivity contribution in [2.45, 2.75) is 0 Å². The largest absolute Gasteiger partial charge is 0.457 e. The molecule has 4 nitrogen and oxygen atoms in total. The number of ether oxygens (including phenoxy) is 1. The number of para-hydroxylation sites is 1. The lowest BCUT2D eigenvalue weighted by atomic mass is 10.1. The predicted octanol–water partition coefficient (Wildman–Crippen LogP) is 6.39. The van der Waals surface area contributed by atoms with Crippen molar-refractivity contribution in [3.8, 4) is 22.8 Å². The van der Waals surface area contributed by atoms with Gasteiger partial charge in [0.05, 0.1) is 16.4 Å². The molecule has 4 rings (SSSR count). The fourth-order valence-corrected chi connectivity index (χ4v) is 3.45. The van der Waals surface area contributed by atoms with E-state index in [0.29, 0.717) is 0 Å². The second kappa shape index (κ2) is 7.68. The number of hydrogen-bond donors (Lipinski definition) is 1. The molecule has 0 saturated heterocycles. The second-order valence-corrected chi connectivity index (χ2v) is 6.96. The van der Waals surface area contributed by atoms with E-state index >= 15 is 0 Å². The molecule has 1 heterocycles. The molecule has 3 aromatic carbocycles. The van der Waals surface area contributed by atoms with Gasteiger partial charge in [-0.3, -0.25) is 4.68 Å². The van der Waals surface area contributed by atoms with Gasteiger partial charge in [-0.2, -0.15) is 5.10 Å². The number of nitrogens with zero attached hydrogens (tertiary/aromatic N) is 2. The van der Waals surface area contributed by atoms with Crippen LogP contribution in [-0.2, 0) is 7.05 Å². The molecule has 27 heavy (non-hydrogen) atoms. The molecule has 5 heteroatoms. The average molecular weight is 420 g/mol. The smallest absolute Gasteiger partial charge is 0.127 e. The summed E-state index contributed by atoms with van der Waals surface area (Å²) in [6.45, 7) is 0. The van der Waals surface area contributed by atoms with E-state index in [1.807, 2.05) is 78.5 Å². The van der Waals surface area contributed by atoms with Gasteiger partial charge in [0, 0.05) is 24.0 Å². The third kappa shape index (κ3) is 4.04. The van der Waals surface area contributed by atoms with Crippen LogP contribution in [0.3, 0.4) is 0 Å². The van der Waals surface area contributed by atoms with Crippen LogP contribution in [0.1, 0.15) is 0 Å². The quantitative estimate of drug-likeness (QED) is 0.407. The Kier molecular flexibility index (Phi) is 4.94. The Morgan fingerprint density at radius 1 is 0.852 bits per heavy atom. The van der Waals surface area contributed by atoms with Crippen LogP contribution in [0.4, 0.5) is 11.4 Å². The summed E-state index contributed by atoms with van der Waals surface area (Å²) in [4.78, 5) is 0. The molecule has 0 spiro atoms. The number of aryl methyl sites for hydroxylation is 1. The Morgan fingerprint density at radius 3 is 2.30 bits per heavy atom. The van der Waals surface area contributed by atoms with Crippen LogP contribution < -0.4 is 10.1 Å². The highest BCUT2D eigenvalue weighted by Gasteiger charge is 2.09. The summed E-state index contributed by atoms with van der Waals surface area (Å²) in [5.74, 6) is 1.63. The lowest BCUT2D eigenvalue weighted by Crippen LogP contribution is -1.95. The van der Waals surface area contributed by atoms with Gasteiger partial charge in [0.15, 0.2) is 0 Å². The van der Waals surface area contributed by atoms with Crippen molar-refractivity contribution in [2.24, 2.45) is 7.05 Å². The van der Waals surface area contributed by atoms with Crippen molar-refractivity contribution in [3.63, 3.8) is 0 Å². The minimum absolute atomic E-state index is 0.805. The third-order valence-corrected chi connectivity index (χ3v) is 4.73. The van der Waals surface area contributed by atoms with Gasteiger partial charge in [-0.25, -0.2) is 0 Å². The Morgan fingerprint density at radius 2 is 1.59 bits per heavy atom. The molecule has 1 N–H and O–H groups in total. The van der Waals surface area contributed by atoms with Gasteiger partial charge in [-0.05, 0) is 64.5 Å². The standard InChI is InChI=1S/C22H18BrN3O/c1-26-22(21(23)15-24-26)16-6-5-7-18(14-16)25-17-10-12-20(13-11-17)27-19-8-3-2-4-9-19/h2-15,25H,1H3. The maximum absolute atomic E-state index is 5.84. The molecule has 0 unspecified atom stereocenters. The van der Waals surface area contributed by atoms with Crippen molar-refractivity contribution in [3.05, 3.63) is 89.5 Å². The topological polar surface area (TPSA) is 39.1 Å². The Labute approximate surface area is 166 Å². The van der Waals surface area contributed by atoms with Gasteiger partial charge >= 0.3 is 0 Å². The highest BCUT2D eigenvalue weighted by Crippen LogP contribution is 2.30. The van der Waals surface area contributed by atoms with Gasteiger partial charge in [0.25, 0.3) is 0 Å². The number of halogens is 1. The number of hydrogen-bond acceptors (Lipinski definition) is 3. The van der Waals surface area contributed by atoms with E-state index < -0.39 is 0 Å². The fourth-order valence-electron chi connectivity index (χ4n) is 2.88. The molecule has 4 aromatic rings. The van der Waals surface area contributed by atoms with Crippen LogP contribution in [0.2, 0.25) is 0 Å². The Bertz CT molecular complexity index is 1020. The maximum atomic E-state index is 5.84. The van der Waals surface area contributed by atoms with Gasteiger partial charge < -0.3 is 10.1 Å². The zero-order valence-electron chi connectivity index (χ0n) is 14.8. The second-order valence-electron chi connectivity index (χ2n) is 6.11. The number of rotatable bonds is 5. The highest BCUT2D eigenvalue weighted by atomic mass is 79.9. The summed E-state index contributed by atoms with van der Waals surface area (Å²) >= 11 is 3.56. The van der Waals surface area contributed by atoms with E-state index in [2.05, 4.69) is 38.5 Å². The molecule has 0 saturated carbocycles. The van der Waals surface area contributed by atoms with Crippen molar-refractivity contribution in [1.82, 2.24) is 9.78 Å². The zero-order valence-corrected chi connectivity index (χ0v) is 16.3. The van der Waals surface area contributed by atoms with Gasteiger partial charge in [0.1, 0.15) is 11.5 Å². The van der Waals surface area contributed by atoms with Crippen LogP contribution in [0, 0.1) is 0 Å². The Hall–Kier alpha value is -3.05. The molecule has 0 aliphatic heterocycles. The van der Waals surface area contributed by atoms with Crippen molar-refractivity contribution in [2.75, 3.05) is 5.32 Å². The molecular formula is C22H18BrN3O. The SMILES string of the molecule is Cn1ncc(Br)c1-c1cccc(Nc2ccc(Oc3ccccc3)cc2)c1. The molecule has 0 amide bonds. The molecule has 134 valence electrons. The van der Waals surface area contributed by atoms with E-state index in [0.717, 1.165) is 38.6 Å². The lowest BCUT2D eigenvalue weighted by molar-refractivity contribution is 0.483. The Balaban J connectivity index is 1.50. The van der Waals surface area contributed by atoms with E-state index in [1.165, 1.54) is 0 Å². The molecule has 0 aliphatic rings. The first-order chi connectivity index (χ1) is 13.2. The first kappa shape index (κ1) is 17.4. The summed E-state index contributed by atoms with van der Waals surface area (Å²) < 4.78 is 8.67. The number of benzene rings is 3. The minimum Gasteiger partial charge on any atom is -0.457 e. The number of anilines is 2. The monoisotopic (exact) mass is 419 g/mol. The normalized spacial score (nSPS) is 10.6. The summed E-state index contributed by atoms with van der Waals surface area (Å²) in [7, 11) is 1.94. The molecule has 0 fully saturated rings. The third-order valence-electron chi connectivity index (χ3n) is 4.15. The first-order valence-electron chi connectivity index (χ1n) is 8.57. The number of aromatic nitrogens is 2. The van der Waals surface area contributed by atoms with Crippen molar-refractivity contribution in [1.29, 1.82) is 0 Å². The van der Waals surface area contributed by atoms with Gasteiger partial charge in [-0.1, -0.05) is 30.3 Å². The molecule has 0 aliphatic carbocycles. The van der Waals surface area contributed by atoms with E-state index in [1.54, 1.807) is 6.20 Å². The van der Waals surface area contributed by atoms with Crippen LogP contribution in [0.15, 0.2) is 89.5 Å². The van der Waals surface area contributed by atoms with Crippen LogP contribution in [0.5, 0.6) is 11.5 Å². The van der Waals surface area contributed by atoms with Crippen LogP contribution >= 0.6 is 15.9 Å². The van der Waals surface area contributed by atoms with Crippen molar-refractivity contribution >= 4 is 27.3 Å². The van der Waals surface area contributed by atoms with Crippen LogP contribution in [-0.4, -0.2) is 9.78 Å². The number of nitrogens with one attached hydrogen (secondary N) is 1. The predicted molar refractivity (Wildman–Crippen MR) is 113 cm³/mol. The van der Waals surface area contributed by atoms with Gasteiger partial charge in [-0.15, -0.1) is 0 Å². The summed E-state index contributed by atoms with van der Waals surface area (Å²) in [6, 6.07) is 25.9. The highest BCUT2D eigenvalue weighted by molar-refractivity contribution is 9.10. The fraction of sp³-hybridized carbons (Fsp3) is 0.0455. The molecule has 0 radical (unpaired) electrons. The minimum atomic E-state index is 0.805. The lowest BCUT2D eigenvalue weighted by Gasteiger charge is -2.10. The molecular weight excluding hydrogens is 402 g/mol. The summed E-state index contributed by atoms with van der Waals surface area (Å²) in [5.41, 5.74) is 4.15. The van der Waals surface area contributed by atoms with E-state index in [-0.39, 0.29) is 0 Å². The van der Waals surface area contributed by atoms with E-state index in [4.69, 9.17) is 4.74 Å². The summed E-state index contributed by atoms with van der Waals surface area (Å²) in [5, 5.41) is 7.72.